The van der Waals surface area contributed by atoms with E-state index in [4.69, 9.17) is 4.74 Å². The molecule has 2 heteroatoms. The minimum Gasteiger partial charge on any atom is -0.390 e. The molecule has 1 aliphatic carbocycles. The van der Waals surface area contributed by atoms with Crippen molar-refractivity contribution in [2.45, 2.75) is 64.6 Å². The predicted molar refractivity (Wildman–Crippen MR) is 82.9 cm³/mol. The summed E-state index contributed by atoms with van der Waals surface area (Å²) < 4.78 is 5.91. The van der Waals surface area contributed by atoms with Crippen molar-refractivity contribution in [3.05, 3.63) is 35.4 Å². The molecule has 0 radical (unpaired) electrons. The number of hydrogen-bond donors (Lipinski definition) is 1. The van der Waals surface area contributed by atoms with Crippen LogP contribution in [0.2, 0.25) is 0 Å². The number of benzene rings is 1. The molecule has 0 aliphatic heterocycles. The lowest BCUT2D eigenvalue weighted by Crippen LogP contribution is -2.38. The molecule has 2 nitrogen and oxygen atoms in total. The fourth-order valence-electron chi connectivity index (χ4n) is 3.40. The average molecular weight is 276 g/mol. The molecule has 2 atom stereocenters. The largest absolute Gasteiger partial charge is 0.390 e. The number of aliphatic hydroxyl groups is 1. The van der Waals surface area contributed by atoms with E-state index in [1.54, 1.807) is 0 Å². The van der Waals surface area contributed by atoms with Crippen LogP contribution in [0.25, 0.3) is 0 Å². The molecule has 0 aromatic heterocycles. The number of aliphatic hydroxyl groups excluding tert-OH is 1. The summed E-state index contributed by atoms with van der Waals surface area (Å²) in [6.07, 6.45) is 6.62. The molecule has 112 valence electrons. The molecule has 2 rings (SSSR count). The van der Waals surface area contributed by atoms with Crippen molar-refractivity contribution in [1.29, 1.82) is 0 Å². The highest BCUT2D eigenvalue weighted by molar-refractivity contribution is 5.26. The Hall–Kier alpha value is -0.860. The average Bonchev–Trinajstić information content (AvgIpc) is 2.48. The number of ether oxygens (including phenoxy) is 1. The van der Waals surface area contributed by atoms with E-state index in [1.165, 1.54) is 43.2 Å². The molecule has 0 heterocycles. The van der Waals surface area contributed by atoms with Crippen LogP contribution < -0.4 is 0 Å². The SMILES string of the molecule is CCOC(C(O)Cc1ccccc1C)C1CCCCC1. The van der Waals surface area contributed by atoms with Gasteiger partial charge >= 0.3 is 0 Å². The minimum atomic E-state index is -0.390. The molecule has 1 aromatic rings. The number of aryl methyl sites for hydroxylation is 1. The number of rotatable bonds is 6. The summed E-state index contributed by atoms with van der Waals surface area (Å²) in [7, 11) is 0. The predicted octanol–water partition coefficient (Wildman–Crippen LogP) is 3.88. The van der Waals surface area contributed by atoms with E-state index in [2.05, 4.69) is 19.1 Å². The van der Waals surface area contributed by atoms with Crippen LogP contribution in [0, 0.1) is 12.8 Å². The molecule has 1 N–H and O–H groups in total. The highest BCUT2D eigenvalue weighted by Crippen LogP contribution is 2.30. The molecule has 0 saturated heterocycles. The Labute approximate surface area is 123 Å². The van der Waals surface area contributed by atoms with Gasteiger partial charge in [0.2, 0.25) is 0 Å². The monoisotopic (exact) mass is 276 g/mol. The number of hydrogen-bond acceptors (Lipinski definition) is 2. The normalized spacial score (nSPS) is 19.8. The van der Waals surface area contributed by atoms with Crippen LogP contribution in [-0.2, 0) is 11.2 Å². The topological polar surface area (TPSA) is 29.5 Å². The smallest absolute Gasteiger partial charge is 0.0865 e. The van der Waals surface area contributed by atoms with Gasteiger partial charge in [0.25, 0.3) is 0 Å². The zero-order chi connectivity index (χ0) is 14.4. The molecule has 2 unspecified atom stereocenters. The van der Waals surface area contributed by atoms with Crippen molar-refractivity contribution in [2.75, 3.05) is 6.61 Å². The van der Waals surface area contributed by atoms with E-state index in [9.17, 15) is 5.11 Å². The van der Waals surface area contributed by atoms with Gasteiger partial charge in [0.1, 0.15) is 0 Å². The Morgan fingerprint density at radius 3 is 2.55 bits per heavy atom. The van der Waals surface area contributed by atoms with E-state index >= 15 is 0 Å². The van der Waals surface area contributed by atoms with Crippen molar-refractivity contribution in [1.82, 2.24) is 0 Å². The van der Waals surface area contributed by atoms with Gasteiger partial charge in [0.05, 0.1) is 12.2 Å². The maximum atomic E-state index is 10.6. The highest BCUT2D eigenvalue weighted by atomic mass is 16.5. The van der Waals surface area contributed by atoms with E-state index < -0.39 is 0 Å². The van der Waals surface area contributed by atoms with Crippen LogP contribution >= 0.6 is 0 Å². The lowest BCUT2D eigenvalue weighted by Gasteiger charge is -2.33. The van der Waals surface area contributed by atoms with E-state index in [0.717, 1.165) is 0 Å². The lowest BCUT2D eigenvalue weighted by atomic mass is 9.82. The fraction of sp³-hybridized carbons (Fsp3) is 0.667. The van der Waals surface area contributed by atoms with Gasteiger partial charge in [0, 0.05) is 13.0 Å². The zero-order valence-corrected chi connectivity index (χ0v) is 12.8. The standard InChI is InChI=1S/C18H28O2/c1-3-20-18(15-10-5-4-6-11-15)17(19)13-16-12-8-7-9-14(16)2/h7-9,12,15,17-19H,3-6,10-11,13H2,1-2H3. The molecule has 0 bridgehead atoms. The Morgan fingerprint density at radius 1 is 1.20 bits per heavy atom. The molecule has 1 aromatic carbocycles. The molecule has 0 spiro atoms. The van der Waals surface area contributed by atoms with Gasteiger partial charge in [0.15, 0.2) is 0 Å². The summed E-state index contributed by atoms with van der Waals surface area (Å²) in [5.41, 5.74) is 2.49. The third kappa shape index (κ3) is 4.07. The second-order valence-electron chi connectivity index (χ2n) is 6.02. The first-order valence-electron chi connectivity index (χ1n) is 8.06. The quantitative estimate of drug-likeness (QED) is 0.854. The van der Waals surface area contributed by atoms with Crippen molar-refractivity contribution < 1.29 is 9.84 Å². The summed E-state index contributed by atoms with van der Waals surface area (Å²) in [6, 6.07) is 8.32. The van der Waals surface area contributed by atoms with E-state index in [0.29, 0.717) is 18.9 Å². The Morgan fingerprint density at radius 2 is 1.90 bits per heavy atom. The second-order valence-corrected chi connectivity index (χ2v) is 6.02. The van der Waals surface area contributed by atoms with E-state index in [-0.39, 0.29) is 12.2 Å². The fourth-order valence-corrected chi connectivity index (χ4v) is 3.40. The van der Waals surface area contributed by atoms with Crippen LogP contribution in [0.3, 0.4) is 0 Å². The van der Waals surface area contributed by atoms with Gasteiger partial charge in [-0.15, -0.1) is 0 Å². The third-order valence-electron chi connectivity index (χ3n) is 4.54. The third-order valence-corrected chi connectivity index (χ3v) is 4.54. The van der Waals surface area contributed by atoms with Gasteiger partial charge in [-0.3, -0.25) is 0 Å². The molecule has 20 heavy (non-hydrogen) atoms. The molecular weight excluding hydrogens is 248 g/mol. The zero-order valence-electron chi connectivity index (χ0n) is 12.8. The second kappa shape index (κ2) is 7.80. The van der Waals surface area contributed by atoms with Crippen LogP contribution in [0.4, 0.5) is 0 Å². The van der Waals surface area contributed by atoms with Crippen molar-refractivity contribution in [2.24, 2.45) is 5.92 Å². The maximum Gasteiger partial charge on any atom is 0.0865 e. The molecule has 0 amide bonds. The minimum absolute atomic E-state index is 0.0000869. The van der Waals surface area contributed by atoms with Crippen LogP contribution in [0.15, 0.2) is 24.3 Å². The molecule has 1 aliphatic rings. The van der Waals surface area contributed by atoms with Crippen molar-refractivity contribution in [3.8, 4) is 0 Å². The molecule has 1 saturated carbocycles. The maximum absolute atomic E-state index is 10.6. The highest BCUT2D eigenvalue weighted by Gasteiger charge is 2.30. The van der Waals surface area contributed by atoms with Crippen LogP contribution in [0.1, 0.15) is 50.2 Å². The Balaban J connectivity index is 2.02. The summed E-state index contributed by atoms with van der Waals surface area (Å²) >= 11 is 0. The Bertz CT molecular complexity index is 396. The van der Waals surface area contributed by atoms with Gasteiger partial charge in [-0.25, -0.2) is 0 Å². The van der Waals surface area contributed by atoms with Crippen molar-refractivity contribution in [3.63, 3.8) is 0 Å². The molecular formula is C18H28O2. The first kappa shape index (κ1) is 15.5. The lowest BCUT2D eigenvalue weighted by molar-refractivity contribution is -0.0716. The summed E-state index contributed by atoms with van der Waals surface area (Å²) in [4.78, 5) is 0. The van der Waals surface area contributed by atoms with Gasteiger partial charge in [-0.1, -0.05) is 43.5 Å². The van der Waals surface area contributed by atoms with Crippen LogP contribution in [0.5, 0.6) is 0 Å². The molecule has 1 fully saturated rings. The Kier molecular flexibility index (Phi) is 6.06. The van der Waals surface area contributed by atoms with Crippen LogP contribution in [-0.4, -0.2) is 23.9 Å². The van der Waals surface area contributed by atoms with E-state index in [1.807, 2.05) is 19.1 Å². The summed E-state index contributed by atoms with van der Waals surface area (Å²) in [5.74, 6) is 0.530. The first-order valence-corrected chi connectivity index (χ1v) is 8.06. The summed E-state index contributed by atoms with van der Waals surface area (Å²) in [5, 5.41) is 10.6. The summed E-state index contributed by atoms with van der Waals surface area (Å²) in [6.45, 7) is 4.82. The first-order chi connectivity index (χ1) is 9.72. The van der Waals surface area contributed by atoms with Gasteiger partial charge < -0.3 is 9.84 Å². The van der Waals surface area contributed by atoms with Gasteiger partial charge in [-0.05, 0) is 43.7 Å². The van der Waals surface area contributed by atoms with Gasteiger partial charge in [-0.2, -0.15) is 0 Å². The van der Waals surface area contributed by atoms with Crippen molar-refractivity contribution >= 4 is 0 Å².